The Labute approximate surface area is 87.0 Å². The van der Waals surface area contributed by atoms with Gasteiger partial charge in [0.05, 0.1) is 0 Å². The molecule has 0 nitrogen and oxygen atoms in total. The second-order valence-electron chi connectivity index (χ2n) is 2.27. The molecular weight excluding hydrogens is 150 g/mol. The van der Waals surface area contributed by atoms with Gasteiger partial charge in [0.1, 0.15) is 0 Å². The molecule has 0 aliphatic carbocycles. The van der Waals surface area contributed by atoms with Crippen molar-refractivity contribution in [3.63, 3.8) is 0 Å². The molecule has 0 saturated carbocycles. The van der Waals surface area contributed by atoms with Crippen molar-refractivity contribution in [2.24, 2.45) is 0 Å². The molecule has 0 aromatic carbocycles. The fourth-order valence-corrected chi connectivity index (χ4v) is 0.780. The predicted molar refractivity (Wildman–Crippen MR) is 58.6 cm³/mol. The Morgan fingerprint density at radius 1 is 0.900 bits per heavy atom. The van der Waals surface area contributed by atoms with Crippen LogP contribution in [0.3, 0.4) is 0 Å². The van der Waals surface area contributed by atoms with Gasteiger partial charge in [-0.25, -0.2) is 0 Å². The lowest BCUT2D eigenvalue weighted by molar-refractivity contribution is 0.637. The molecule has 2 heteroatoms. The van der Waals surface area contributed by atoms with Crippen LogP contribution in [-0.4, -0.2) is 34.7 Å². The van der Waals surface area contributed by atoms with Gasteiger partial charge in [0.15, 0.2) is 34.7 Å². The number of unbranched alkanes of at least 4 members (excludes halogenated alkanes) is 5. The van der Waals surface area contributed by atoms with Crippen LogP contribution in [0.1, 0.15) is 45.4 Å². The van der Waals surface area contributed by atoms with Gasteiger partial charge in [-0.1, -0.05) is 52.4 Å². The summed E-state index contributed by atoms with van der Waals surface area (Å²) in [4.78, 5) is 0. The normalized spacial score (nSPS) is 7.80. The van der Waals surface area contributed by atoms with Crippen LogP contribution in [0.25, 0.3) is 0 Å². The summed E-state index contributed by atoms with van der Waals surface area (Å²) in [5.74, 6) is 0. The summed E-state index contributed by atoms with van der Waals surface area (Å²) < 4.78 is 0. The third kappa shape index (κ3) is 16.0. The van der Waals surface area contributed by atoms with Crippen molar-refractivity contribution in [2.45, 2.75) is 45.4 Å². The molecule has 0 aromatic heterocycles. The zero-order valence-corrected chi connectivity index (χ0v) is 5.95. The molecule has 0 rings (SSSR count). The molecule has 0 bridgehead atoms. The van der Waals surface area contributed by atoms with Crippen molar-refractivity contribution in [1.29, 1.82) is 0 Å². The monoisotopic (exact) mass is 173 g/mol. The first-order valence-electron chi connectivity index (χ1n) is 3.71. The Bertz CT molecular complexity index is 32.2. The summed E-state index contributed by atoms with van der Waals surface area (Å²) in [5, 5.41) is 0. The van der Waals surface area contributed by atoms with Gasteiger partial charge in [-0.3, -0.25) is 0 Å². The van der Waals surface area contributed by atoms with Gasteiger partial charge < -0.3 is 0 Å². The van der Waals surface area contributed by atoms with Crippen molar-refractivity contribution < 1.29 is 0 Å². The Morgan fingerprint density at radius 3 is 1.80 bits per heavy atom. The standard InChI is InChI=1S/C8H17.2Al.6H/c1-3-5-7-8-6-4-2;;;;;;;;/h1,3-8H2,2H3;;;;;;;;. The van der Waals surface area contributed by atoms with E-state index >= 15 is 0 Å². The van der Waals surface area contributed by atoms with Crippen LogP contribution in [0.4, 0.5) is 0 Å². The second kappa shape index (κ2) is 16.6. The topological polar surface area (TPSA) is 0 Å². The Balaban J connectivity index is -0.000000245. The molecule has 0 unspecified atom stereocenters. The van der Waals surface area contributed by atoms with Crippen LogP contribution < -0.4 is 0 Å². The van der Waals surface area contributed by atoms with E-state index in [4.69, 9.17) is 0 Å². The van der Waals surface area contributed by atoms with E-state index in [1.807, 2.05) is 0 Å². The molecule has 0 atom stereocenters. The quantitative estimate of drug-likeness (QED) is 0.426. The molecule has 0 N–H and O–H groups in total. The first-order valence-corrected chi connectivity index (χ1v) is 3.71. The fourth-order valence-electron chi connectivity index (χ4n) is 0.780. The van der Waals surface area contributed by atoms with E-state index in [1.54, 1.807) is 0 Å². The maximum atomic E-state index is 3.78. The Morgan fingerprint density at radius 2 is 1.40 bits per heavy atom. The molecule has 0 heterocycles. The minimum Gasteiger partial charge on any atom is -0.0654 e. The summed E-state index contributed by atoms with van der Waals surface area (Å²) in [6.07, 6.45) is 7.98. The third-order valence-electron chi connectivity index (χ3n) is 1.35. The molecule has 0 fully saturated rings. The molecule has 61 valence electrons. The highest BCUT2D eigenvalue weighted by Gasteiger charge is 1.83. The van der Waals surface area contributed by atoms with Crippen LogP contribution in [0.2, 0.25) is 0 Å². The van der Waals surface area contributed by atoms with E-state index in [0.29, 0.717) is 0 Å². The van der Waals surface area contributed by atoms with Gasteiger partial charge in [-0.2, -0.15) is 0 Å². The predicted octanol–water partition coefficient (Wildman–Crippen LogP) is 0.813. The molecule has 0 aliphatic heterocycles. The average molecular weight is 173 g/mol. The Kier molecular flexibility index (Phi) is 28.6. The van der Waals surface area contributed by atoms with E-state index in [2.05, 4.69) is 13.8 Å². The third-order valence-corrected chi connectivity index (χ3v) is 1.35. The van der Waals surface area contributed by atoms with E-state index in [1.165, 1.54) is 32.1 Å². The number of hydrogen-bond acceptors (Lipinski definition) is 0. The summed E-state index contributed by atoms with van der Waals surface area (Å²) in [5.41, 5.74) is 0. The highest BCUT2D eigenvalue weighted by molar-refractivity contribution is 5.76. The number of rotatable bonds is 5. The van der Waals surface area contributed by atoms with E-state index < -0.39 is 0 Å². The molecule has 0 aliphatic rings. The van der Waals surface area contributed by atoms with E-state index in [-0.39, 0.29) is 34.7 Å². The maximum Gasteiger partial charge on any atom is 0.187 e. The summed E-state index contributed by atoms with van der Waals surface area (Å²) in [6, 6.07) is 0. The van der Waals surface area contributed by atoms with Crippen LogP contribution in [0, 0.1) is 6.92 Å². The summed E-state index contributed by atoms with van der Waals surface area (Å²) in [6.45, 7) is 6.02. The molecule has 0 saturated heterocycles. The van der Waals surface area contributed by atoms with Gasteiger partial charge in [-0.15, -0.1) is 0 Å². The zero-order valence-electron chi connectivity index (χ0n) is 5.95. The highest BCUT2D eigenvalue weighted by Crippen LogP contribution is 2.03. The van der Waals surface area contributed by atoms with Crippen LogP contribution in [0.5, 0.6) is 0 Å². The lowest BCUT2D eigenvalue weighted by Gasteiger charge is -1.93. The van der Waals surface area contributed by atoms with Gasteiger partial charge in [-0.05, 0) is 0 Å². The van der Waals surface area contributed by atoms with Crippen LogP contribution in [0.15, 0.2) is 0 Å². The highest BCUT2D eigenvalue weighted by atomic mass is 27.0. The molecule has 1 radical (unpaired) electrons. The average Bonchev–Trinajstić information content (AvgIpc) is 1.81. The minimum atomic E-state index is 0. The number of hydrogen-bond donors (Lipinski definition) is 0. The second-order valence-corrected chi connectivity index (χ2v) is 2.27. The SMILES string of the molecule is [AlH3].[AlH3].[CH2]CCCCCCC. The first kappa shape index (κ1) is 17.2. The van der Waals surface area contributed by atoms with Crippen LogP contribution >= 0.6 is 0 Å². The van der Waals surface area contributed by atoms with Gasteiger partial charge >= 0.3 is 0 Å². The van der Waals surface area contributed by atoms with Gasteiger partial charge in [0.2, 0.25) is 0 Å². The van der Waals surface area contributed by atoms with Gasteiger partial charge in [0.25, 0.3) is 0 Å². The van der Waals surface area contributed by atoms with Crippen molar-refractivity contribution in [3.8, 4) is 0 Å². The van der Waals surface area contributed by atoms with E-state index in [0.717, 1.165) is 6.42 Å². The molecule has 0 spiro atoms. The van der Waals surface area contributed by atoms with Crippen molar-refractivity contribution in [1.82, 2.24) is 0 Å². The maximum absolute atomic E-state index is 3.78. The van der Waals surface area contributed by atoms with Crippen molar-refractivity contribution in [3.05, 3.63) is 6.92 Å². The molecule has 0 aromatic rings. The first-order chi connectivity index (χ1) is 3.91. The van der Waals surface area contributed by atoms with E-state index in [9.17, 15) is 0 Å². The zero-order chi connectivity index (χ0) is 6.24. The largest absolute Gasteiger partial charge is 0.187 e. The Hall–Kier alpha value is 1.06. The van der Waals surface area contributed by atoms with Crippen LogP contribution in [-0.2, 0) is 0 Å². The molecule has 0 amide bonds. The summed E-state index contributed by atoms with van der Waals surface area (Å²) >= 11 is 0. The lowest BCUT2D eigenvalue weighted by Crippen LogP contribution is -1.74. The lowest BCUT2D eigenvalue weighted by atomic mass is 10.1. The smallest absolute Gasteiger partial charge is 0.0654 e. The van der Waals surface area contributed by atoms with Gasteiger partial charge in [0, 0.05) is 0 Å². The fraction of sp³-hybridized carbons (Fsp3) is 0.875. The summed E-state index contributed by atoms with van der Waals surface area (Å²) in [7, 11) is 0. The molecular formula is C8H23Al2. The minimum absolute atomic E-state index is 0. The van der Waals surface area contributed by atoms with Crippen molar-refractivity contribution in [2.75, 3.05) is 0 Å². The van der Waals surface area contributed by atoms with Crippen molar-refractivity contribution >= 4 is 34.7 Å². The molecule has 10 heavy (non-hydrogen) atoms.